The van der Waals surface area contributed by atoms with Crippen molar-refractivity contribution in [2.45, 2.75) is 25.7 Å². The quantitative estimate of drug-likeness (QED) is 0.704. The third-order valence-corrected chi connectivity index (χ3v) is 6.39. The number of rotatable bonds is 4. The summed E-state index contributed by atoms with van der Waals surface area (Å²) in [6.07, 6.45) is 0. The van der Waals surface area contributed by atoms with Gasteiger partial charge in [0.25, 0.3) is 10.0 Å². The molecule has 0 saturated carbocycles. The molecule has 1 N–H and O–H groups in total. The monoisotopic (exact) mass is 382 g/mol. The molecule has 0 fully saturated rings. The average molecular weight is 383 g/mol. The highest BCUT2D eigenvalue weighted by atomic mass is 35.5. The summed E-state index contributed by atoms with van der Waals surface area (Å²) in [5.41, 5.74) is 2.00. The number of sulfonamides is 1. The molecule has 3 aromatic rings. The van der Waals surface area contributed by atoms with Crippen molar-refractivity contribution in [2.24, 2.45) is 0 Å². The zero-order valence-corrected chi connectivity index (χ0v) is 15.6. The minimum Gasteiger partial charge on any atom is -0.355 e. The Morgan fingerprint density at radius 1 is 1.17 bits per heavy atom. The fraction of sp³-hybridized carbons (Fsp3) is 0.188. The number of nitrogens with one attached hydrogen (secondary N) is 1. The van der Waals surface area contributed by atoms with Crippen LogP contribution in [0.1, 0.15) is 16.1 Å². The van der Waals surface area contributed by atoms with E-state index in [-0.39, 0.29) is 4.90 Å². The molecule has 2 heterocycles. The molecule has 0 atom stereocenters. The zero-order chi connectivity index (χ0) is 17.5. The molecule has 5 nitrogen and oxygen atoms in total. The summed E-state index contributed by atoms with van der Waals surface area (Å²) in [6, 6.07) is 8.39. The van der Waals surface area contributed by atoms with E-state index in [0.717, 1.165) is 16.1 Å². The van der Waals surface area contributed by atoms with Crippen molar-refractivity contribution in [1.82, 2.24) is 5.16 Å². The minimum absolute atomic E-state index is 0.228. The molecule has 0 aliphatic heterocycles. The van der Waals surface area contributed by atoms with E-state index in [0.29, 0.717) is 21.3 Å². The maximum Gasteiger partial charge on any atom is 0.263 e. The Labute approximate surface area is 149 Å². The summed E-state index contributed by atoms with van der Waals surface area (Å²) in [5, 5.41) is 4.40. The topological polar surface area (TPSA) is 72.2 Å². The maximum absolute atomic E-state index is 12.7. The van der Waals surface area contributed by atoms with Crippen LogP contribution in [-0.2, 0) is 10.0 Å². The van der Waals surface area contributed by atoms with Crippen LogP contribution in [0.2, 0.25) is 5.02 Å². The number of hydrogen-bond acceptors (Lipinski definition) is 5. The van der Waals surface area contributed by atoms with Crippen LogP contribution in [0.25, 0.3) is 10.6 Å². The Morgan fingerprint density at radius 3 is 2.54 bits per heavy atom. The fourth-order valence-corrected chi connectivity index (χ4v) is 5.17. The lowest BCUT2D eigenvalue weighted by Gasteiger charge is -2.10. The minimum atomic E-state index is -3.70. The van der Waals surface area contributed by atoms with Gasteiger partial charge in [-0.25, -0.2) is 8.42 Å². The number of benzene rings is 1. The second-order valence-electron chi connectivity index (χ2n) is 5.43. The summed E-state index contributed by atoms with van der Waals surface area (Å²) in [6.45, 7) is 5.38. The van der Waals surface area contributed by atoms with E-state index in [9.17, 15) is 8.42 Å². The van der Waals surface area contributed by atoms with Gasteiger partial charge in [-0.2, -0.15) is 0 Å². The van der Waals surface area contributed by atoms with Crippen LogP contribution in [-0.4, -0.2) is 13.6 Å². The number of nitrogens with zero attached hydrogens (tertiary/aromatic N) is 1. The highest BCUT2D eigenvalue weighted by molar-refractivity contribution is 7.93. The Balaban J connectivity index is 1.96. The van der Waals surface area contributed by atoms with Crippen molar-refractivity contribution in [1.29, 1.82) is 0 Å². The lowest BCUT2D eigenvalue weighted by Crippen LogP contribution is -2.13. The maximum atomic E-state index is 12.7. The van der Waals surface area contributed by atoms with E-state index in [4.69, 9.17) is 16.1 Å². The Kier molecular flexibility index (Phi) is 4.42. The van der Waals surface area contributed by atoms with E-state index < -0.39 is 10.0 Å². The SMILES string of the molecule is Cc1cc(-c2cc(S(=O)(=O)Nc3ccc(Cl)cc3C)c(C)s2)on1. The zero-order valence-electron chi connectivity index (χ0n) is 13.3. The second-order valence-corrected chi connectivity index (χ2v) is 8.77. The van der Waals surface area contributed by atoms with Gasteiger partial charge in [-0.1, -0.05) is 16.8 Å². The van der Waals surface area contributed by atoms with Gasteiger partial charge < -0.3 is 4.52 Å². The smallest absolute Gasteiger partial charge is 0.263 e. The predicted molar refractivity (Wildman–Crippen MR) is 96.3 cm³/mol. The first-order valence-electron chi connectivity index (χ1n) is 7.09. The average Bonchev–Trinajstić information content (AvgIpc) is 3.08. The van der Waals surface area contributed by atoms with Crippen LogP contribution < -0.4 is 4.72 Å². The number of hydrogen-bond donors (Lipinski definition) is 1. The van der Waals surface area contributed by atoms with Gasteiger partial charge in [0, 0.05) is 16.0 Å². The van der Waals surface area contributed by atoms with Gasteiger partial charge >= 0.3 is 0 Å². The Bertz CT molecular complexity index is 1010. The number of halogens is 1. The first kappa shape index (κ1) is 17.0. The van der Waals surface area contributed by atoms with E-state index in [1.165, 1.54) is 11.3 Å². The van der Waals surface area contributed by atoms with Crippen molar-refractivity contribution in [3.05, 3.63) is 51.5 Å². The van der Waals surface area contributed by atoms with Crippen LogP contribution in [0, 0.1) is 20.8 Å². The van der Waals surface area contributed by atoms with Crippen LogP contribution in [0.5, 0.6) is 0 Å². The normalized spacial score (nSPS) is 11.7. The van der Waals surface area contributed by atoms with E-state index >= 15 is 0 Å². The van der Waals surface area contributed by atoms with Crippen molar-refractivity contribution in [3.63, 3.8) is 0 Å². The summed E-state index contributed by atoms with van der Waals surface area (Å²) in [4.78, 5) is 1.63. The van der Waals surface area contributed by atoms with Gasteiger partial charge in [0.2, 0.25) is 0 Å². The number of aromatic nitrogens is 1. The van der Waals surface area contributed by atoms with Crippen LogP contribution in [0.3, 0.4) is 0 Å². The second kappa shape index (κ2) is 6.23. The molecule has 0 bridgehead atoms. The summed E-state index contributed by atoms with van der Waals surface area (Å²) < 4.78 is 33.3. The standard InChI is InChI=1S/C16H15ClN2O3S2/c1-9-6-12(17)4-5-13(9)19-24(20,21)16-8-15(23-11(16)3)14-7-10(2)18-22-14/h4-8,19H,1-3H3. The Hall–Kier alpha value is -1.83. The van der Waals surface area contributed by atoms with Crippen molar-refractivity contribution in [2.75, 3.05) is 4.72 Å². The molecule has 24 heavy (non-hydrogen) atoms. The molecule has 0 saturated heterocycles. The summed E-state index contributed by atoms with van der Waals surface area (Å²) in [7, 11) is -3.70. The van der Waals surface area contributed by atoms with Gasteiger partial charge in [-0.05, 0) is 50.6 Å². The summed E-state index contributed by atoms with van der Waals surface area (Å²) in [5.74, 6) is 0.560. The van der Waals surface area contributed by atoms with Gasteiger partial charge in [-0.15, -0.1) is 11.3 Å². The molecular formula is C16H15ClN2O3S2. The largest absolute Gasteiger partial charge is 0.355 e. The predicted octanol–water partition coefficient (Wildman–Crippen LogP) is 4.78. The lowest BCUT2D eigenvalue weighted by atomic mass is 10.2. The molecule has 2 aromatic heterocycles. The van der Waals surface area contributed by atoms with Crippen LogP contribution in [0.15, 0.2) is 39.8 Å². The lowest BCUT2D eigenvalue weighted by molar-refractivity contribution is 0.428. The number of aryl methyl sites for hydroxylation is 3. The van der Waals surface area contributed by atoms with Crippen molar-refractivity contribution >= 4 is 38.6 Å². The molecule has 0 aliphatic rings. The van der Waals surface area contributed by atoms with Crippen LogP contribution in [0.4, 0.5) is 5.69 Å². The van der Waals surface area contributed by atoms with E-state index in [2.05, 4.69) is 9.88 Å². The highest BCUT2D eigenvalue weighted by Crippen LogP contribution is 2.35. The van der Waals surface area contributed by atoms with Gasteiger partial charge in [-0.3, -0.25) is 4.72 Å². The molecule has 0 amide bonds. The summed E-state index contributed by atoms with van der Waals surface area (Å²) >= 11 is 7.26. The third-order valence-electron chi connectivity index (χ3n) is 3.47. The number of anilines is 1. The van der Waals surface area contributed by atoms with Crippen molar-refractivity contribution < 1.29 is 12.9 Å². The van der Waals surface area contributed by atoms with Gasteiger partial charge in [0.15, 0.2) is 5.76 Å². The third kappa shape index (κ3) is 3.33. The molecule has 0 spiro atoms. The van der Waals surface area contributed by atoms with E-state index in [1.807, 2.05) is 6.92 Å². The molecule has 0 radical (unpaired) electrons. The van der Waals surface area contributed by atoms with Gasteiger partial charge in [0.1, 0.15) is 4.90 Å². The van der Waals surface area contributed by atoms with E-state index in [1.54, 1.807) is 44.2 Å². The highest BCUT2D eigenvalue weighted by Gasteiger charge is 2.22. The molecule has 0 unspecified atom stereocenters. The first-order chi connectivity index (χ1) is 11.3. The van der Waals surface area contributed by atoms with Crippen molar-refractivity contribution in [3.8, 4) is 10.6 Å². The molecule has 3 rings (SSSR count). The first-order valence-corrected chi connectivity index (χ1v) is 9.77. The molecule has 1 aromatic carbocycles. The molecule has 8 heteroatoms. The molecule has 0 aliphatic carbocycles. The van der Waals surface area contributed by atoms with Crippen LogP contribution >= 0.6 is 22.9 Å². The van der Waals surface area contributed by atoms with Gasteiger partial charge in [0.05, 0.1) is 16.3 Å². The molecule has 126 valence electrons. The molecular weight excluding hydrogens is 368 g/mol. The number of thiophene rings is 1. The fourth-order valence-electron chi connectivity index (χ4n) is 2.27. The Morgan fingerprint density at radius 2 is 1.92 bits per heavy atom.